The van der Waals surface area contributed by atoms with Crippen LogP contribution in [0.5, 0.6) is 0 Å². The molecule has 206 valence electrons. The smallest absolute Gasteiger partial charge is 0.340 e. The lowest BCUT2D eigenvalue weighted by atomic mass is 9.58. The van der Waals surface area contributed by atoms with E-state index in [1.807, 2.05) is 39.8 Å². The van der Waals surface area contributed by atoms with Gasteiger partial charge in [0.15, 0.2) is 11.9 Å². The van der Waals surface area contributed by atoms with Gasteiger partial charge in [0.2, 0.25) is 0 Å². The predicted molar refractivity (Wildman–Crippen MR) is 144 cm³/mol. The Bertz CT molecular complexity index is 1240. The third-order valence-corrected chi connectivity index (χ3v) is 10.9. The molecule has 2 saturated carbocycles. The van der Waals surface area contributed by atoms with Crippen molar-refractivity contribution in [2.75, 3.05) is 6.61 Å². The average Bonchev–Trinajstić information content (AvgIpc) is 3.31. The van der Waals surface area contributed by atoms with Gasteiger partial charge in [0.05, 0.1) is 28.7 Å². The standard InChI is InChI=1S/C31H39ClO6/c1-15-9-8-10-21(32)22(15)27(34)37-25-16(2)13-30-17(3)11-20-23(28(20,4)5)19(24(30)33)12-18-14-36-29(6,7)38-26(18)31(25,30)35/h8-10,12-13,17,19-20,23-26,33,35H,11,14H2,1-7H3. The molecule has 6 nitrogen and oxygen atoms in total. The molecule has 1 aromatic carbocycles. The Morgan fingerprint density at radius 2 is 1.89 bits per heavy atom. The van der Waals surface area contributed by atoms with Gasteiger partial charge in [-0.25, -0.2) is 4.79 Å². The number of fused-ring (bicyclic) bond motifs is 5. The molecule has 6 rings (SSSR count). The predicted octanol–water partition coefficient (Wildman–Crippen LogP) is 5.23. The van der Waals surface area contributed by atoms with Crippen molar-refractivity contribution in [1.29, 1.82) is 0 Å². The summed E-state index contributed by atoms with van der Waals surface area (Å²) in [6.45, 7) is 14.3. The van der Waals surface area contributed by atoms with E-state index in [0.717, 1.165) is 12.0 Å². The van der Waals surface area contributed by atoms with Crippen molar-refractivity contribution in [1.82, 2.24) is 0 Å². The minimum atomic E-state index is -1.75. The molecule has 1 aromatic rings. The topological polar surface area (TPSA) is 85.2 Å². The number of esters is 1. The molecule has 7 heteroatoms. The lowest BCUT2D eigenvalue weighted by Crippen LogP contribution is -2.69. The third kappa shape index (κ3) is 3.30. The van der Waals surface area contributed by atoms with Gasteiger partial charge in [0, 0.05) is 5.92 Å². The van der Waals surface area contributed by atoms with Crippen LogP contribution in [0.15, 0.2) is 41.5 Å². The van der Waals surface area contributed by atoms with Crippen molar-refractivity contribution < 1.29 is 29.2 Å². The monoisotopic (exact) mass is 542 g/mol. The zero-order chi connectivity index (χ0) is 27.6. The van der Waals surface area contributed by atoms with Crippen molar-refractivity contribution >= 4 is 17.6 Å². The molecule has 1 saturated heterocycles. The molecule has 5 aliphatic rings. The van der Waals surface area contributed by atoms with E-state index >= 15 is 0 Å². The Morgan fingerprint density at radius 1 is 1.18 bits per heavy atom. The van der Waals surface area contributed by atoms with E-state index in [-0.39, 0.29) is 35.3 Å². The van der Waals surface area contributed by atoms with Crippen LogP contribution < -0.4 is 0 Å². The van der Waals surface area contributed by atoms with E-state index in [9.17, 15) is 15.0 Å². The maximum Gasteiger partial charge on any atom is 0.340 e. The van der Waals surface area contributed by atoms with Gasteiger partial charge in [-0.1, -0.05) is 56.7 Å². The molecule has 3 fully saturated rings. The molecule has 9 unspecified atom stereocenters. The number of hydrogen-bond donors (Lipinski definition) is 2. The number of carbonyl (C=O) groups excluding carboxylic acids is 1. The van der Waals surface area contributed by atoms with Crippen molar-refractivity contribution in [3.8, 4) is 0 Å². The molecule has 1 heterocycles. The fourth-order valence-corrected chi connectivity index (χ4v) is 8.96. The zero-order valence-corrected chi connectivity index (χ0v) is 24.0. The summed E-state index contributed by atoms with van der Waals surface area (Å²) in [6.07, 6.45) is 2.21. The first-order valence-electron chi connectivity index (χ1n) is 13.7. The minimum absolute atomic E-state index is 0.0928. The third-order valence-electron chi connectivity index (χ3n) is 10.6. The molecule has 2 bridgehead atoms. The van der Waals surface area contributed by atoms with E-state index < -0.39 is 41.1 Å². The lowest BCUT2D eigenvalue weighted by molar-refractivity contribution is -0.312. The summed E-state index contributed by atoms with van der Waals surface area (Å²) in [5, 5.41) is 25.8. The van der Waals surface area contributed by atoms with Crippen LogP contribution in [0, 0.1) is 41.4 Å². The summed E-state index contributed by atoms with van der Waals surface area (Å²) in [6, 6.07) is 5.25. The molecule has 9 atom stereocenters. The van der Waals surface area contributed by atoms with E-state index in [4.69, 9.17) is 25.8 Å². The van der Waals surface area contributed by atoms with Crippen molar-refractivity contribution in [3.63, 3.8) is 0 Å². The molecule has 38 heavy (non-hydrogen) atoms. The average molecular weight is 543 g/mol. The highest BCUT2D eigenvalue weighted by atomic mass is 35.5. The summed E-state index contributed by atoms with van der Waals surface area (Å²) >= 11 is 6.42. The van der Waals surface area contributed by atoms with Gasteiger partial charge in [0.1, 0.15) is 11.7 Å². The van der Waals surface area contributed by atoms with Crippen LogP contribution in [0.3, 0.4) is 0 Å². The van der Waals surface area contributed by atoms with Gasteiger partial charge in [-0.3, -0.25) is 0 Å². The molecule has 4 aliphatic carbocycles. The van der Waals surface area contributed by atoms with Crippen LogP contribution in [0.2, 0.25) is 5.02 Å². The van der Waals surface area contributed by atoms with Crippen molar-refractivity contribution in [2.24, 2.45) is 34.5 Å². The molecular weight excluding hydrogens is 504 g/mol. The van der Waals surface area contributed by atoms with Gasteiger partial charge in [0.25, 0.3) is 0 Å². The largest absolute Gasteiger partial charge is 0.451 e. The summed E-state index contributed by atoms with van der Waals surface area (Å²) < 4.78 is 18.8. The number of aliphatic hydroxyl groups is 2. The van der Waals surface area contributed by atoms with Gasteiger partial charge in [-0.15, -0.1) is 0 Å². The number of benzene rings is 1. The Morgan fingerprint density at radius 3 is 2.58 bits per heavy atom. The first kappa shape index (κ1) is 26.5. The number of carbonyl (C=O) groups is 1. The lowest BCUT2D eigenvalue weighted by Gasteiger charge is -2.55. The summed E-state index contributed by atoms with van der Waals surface area (Å²) in [5.74, 6) is -1.13. The number of aliphatic hydroxyl groups excluding tert-OH is 1. The molecule has 0 radical (unpaired) electrons. The number of rotatable bonds is 2. The van der Waals surface area contributed by atoms with Crippen LogP contribution in [0.25, 0.3) is 0 Å². The van der Waals surface area contributed by atoms with E-state index in [2.05, 4.69) is 26.8 Å². The molecule has 0 amide bonds. The molecule has 2 N–H and O–H groups in total. The number of hydrogen-bond acceptors (Lipinski definition) is 6. The van der Waals surface area contributed by atoms with Crippen molar-refractivity contribution in [2.45, 2.75) is 84.6 Å². The highest BCUT2D eigenvalue weighted by molar-refractivity contribution is 6.33. The van der Waals surface area contributed by atoms with E-state index in [0.29, 0.717) is 22.1 Å². The second-order valence-electron chi connectivity index (χ2n) is 13.4. The summed E-state index contributed by atoms with van der Waals surface area (Å²) in [4.78, 5) is 13.6. The van der Waals surface area contributed by atoms with Crippen LogP contribution >= 0.6 is 11.6 Å². The first-order chi connectivity index (χ1) is 17.7. The van der Waals surface area contributed by atoms with Crippen LogP contribution in [-0.4, -0.2) is 52.5 Å². The summed E-state index contributed by atoms with van der Waals surface area (Å²) in [5.41, 5.74) is -0.258. The first-order valence-corrected chi connectivity index (χ1v) is 14.1. The molecule has 0 aromatic heterocycles. The maximum atomic E-state index is 13.6. The Kier molecular flexibility index (Phi) is 5.70. The van der Waals surface area contributed by atoms with Crippen molar-refractivity contribution in [3.05, 3.63) is 57.6 Å². The molecule has 1 spiro atoms. The van der Waals surface area contributed by atoms with Gasteiger partial charge in [-0.05, 0) is 80.1 Å². The summed E-state index contributed by atoms with van der Waals surface area (Å²) in [7, 11) is 0. The molecular formula is C31H39ClO6. The highest BCUT2D eigenvalue weighted by Gasteiger charge is 2.77. The van der Waals surface area contributed by atoms with Gasteiger partial charge in [-0.2, -0.15) is 0 Å². The number of ether oxygens (including phenoxy) is 3. The second-order valence-corrected chi connectivity index (χ2v) is 13.8. The van der Waals surface area contributed by atoms with Crippen LogP contribution in [0.4, 0.5) is 0 Å². The number of halogens is 1. The van der Waals surface area contributed by atoms with Gasteiger partial charge < -0.3 is 24.4 Å². The Balaban J connectivity index is 1.52. The fraction of sp³-hybridized carbons (Fsp3) is 0.645. The Hall–Kier alpha value is -1.70. The highest BCUT2D eigenvalue weighted by Crippen LogP contribution is 2.73. The minimum Gasteiger partial charge on any atom is -0.451 e. The zero-order valence-electron chi connectivity index (χ0n) is 23.2. The second kappa shape index (κ2) is 8.17. The normalized spacial score (nSPS) is 43.9. The van der Waals surface area contributed by atoms with Crippen LogP contribution in [0.1, 0.15) is 63.9 Å². The number of aryl methyl sites for hydroxylation is 1. The Labute approximate surface area is 230 Å². The van der Waals surface area contributed by atoms with E-state index in [1.54, 1.807) is 12.1 Å². The van der Waals surface area contributed by atoms with Gasteiger partial charge >= 0.3 is 5.97 Å². The van der Waals surface area contributed by atoms with E-state index in [1.165, 1.54) is 0 Å². The SMILES string of the molecule is CC1=CC23C(C)CC4C(C(C=C5COC(C)(C)OC5C2(O)C1OC(=O)c1c(C)cccc1Cl)C3O)C4(C)C. The van der Waals surface area contributed by atoms with Crippen LogP contribution in [-0.2, 0) is 14.2 Å². The quantitative estimate of drug-likeness (QED) is 0.393. The fourth-order valence-electron chi connectivity index (χ4n) is 8.66. The maximum absolute atomic E-state index is 13.6. The molecule has 1 aliphatic heterocycles.